The lowest BCUT2D eigenvalue weighted by Crippen LogP contribution is -2.25. The van der Waals surface area contributed by atoms with Crippen LogP contribution in [0.4, 0.5) is 10.1 Å². The van der Waals surface area contributed by atoms with E-state index in [9.17, 15) is 14.3 Å². The van der Waals surface area contributed by atoms with Crippen LogP contribution >= 0.6 is 11.6 Å². The third-order valence-corrected chi connectivity index (χ3v) is 7.75. The van der Waals surface area contributed by atoms with E-state index >= 15 is 0 Å². The summed E-state index contributed by atoms with van der Waals surface area (Å²) in [5.74, 6) is 0.839. The van der Waals surface area contributed by atoms with Crippen LogP contribution in [-0.2, 0) is 7.05 Å². The molecule has 2 atom stereocenters. The predicted octanol–water partition coefficient (Wildman–Crippen LogP) is 4.66. The zero-order valence-electron chi connectivity index (χ0n) is 19.8. The Morgan fingerprint density at radius 2 is 1.67 bits per heavy atom. The molecular weight excluding hydrogens is 479 g/mol. The molecule has 36 heavy (non-hydrogen) atoms. The molecule has 6 rings (SSSR count). The lowest BCUT2D eigenvalue weighted by atomic mass is 9.96. The van der Waals surface area contributed by atoms with Crippen LogP contribution in [0.15, 0.2) is 71.8 Å². The van der Waals surface area contributed by atoms with Crippen molar-refractivity contribution in [1.29, 1.82) is 0 Å². The molecule has 3 heterocycles. The van der Waals surface area contributed by atoms with Crippen LogP contribution in [0.1, 0.15) is 0 Å². The molecule has 0 saturated carbocycles. The number of phenols is 1. The third kappa shape index (κ3) is 3.88. The number of halogens is 2. The van der Waals surface area contributed by atoms with Crippen molar-refractivity contribution in [3.05, 3.63) is 88.3 Å². The molecule has 2 saturated heterocycles. The van der Waals surface area contributed by atoms with Crippen LogP contribution in [0.2, 0.25) is 5.02 Å². The average molecular weight is 505 g/mol. The summed E-state index contributed by atoms with van der Waals surface area (Å²) < 4.78 is 17.7. The van der Waals surface area contributed by atoms with Crippen LogP contribution in [0.25, 0.3) is 27.9 Å². The Hall–Kier alpha value is -3.55. The lowest BCUT2D eigenvalue weighted by molar-refractivity contribution is 0.477. The van der Waals surface area contributed by atoms with Gasteiger partial charge in [0.1, 0.15) is 11.6 Å². The van der Waals surface area contributed by atoms with Crippen molar-refractivity contribution in [3.8, 4) is 33.7 Å². The standard InChI is InChI=1S/C28H26ClFN4O2/c1-32-7-8-34(28(32)36)26-6-5-18(10-25(26)29)24-12-21(30)11-23(27(24)35)17-3-2-4-22(9-17)33-15-19-13-31-14-20(19)16-33/h2-12,19-20,31,35H,13-16H2,1H3. The smallest absolute Gasteiger partial charge is 0.332 e. The van der Waals surface area contributed by atoms with Gasteiger partial charge in [0, 0.05) is 62.4 Å². The molecule has 4 aromatic rings. The van der Waals surface area contributed by atoms with Gasteiger partial charge in [-0.05, 0) is 59.4 Å². The summed E-state index contributed by atoms with van der Waals surface area (Å²) in [6.07, 6.45) is 3.29. The van der Waals surface area contributed by atoms with E-state index in [1.54, 1.807) is 37.6 Å². The van der Waals surface area contributed by atoms with Gasteiger partial charge >= 0.3 is 5.69 Å². The van der Waals surface area contributed by atoms with Crippen LogP contribution in [0, 0.1) is 17.7 Å². The molecule has 2 aliphatic rings. The van der Waals surface area contributed by atoms with Gasteiger partial charge in [-0.25, -0.2) is 9.18 Å². The van der Waals surface area contributed by atoms with E-state index in [0.29, 0.717) is 39.2 Å². The number of fused-ring (bicyclic) bond motifs is 1. The maximum Gasteiger partial charge on any atom is 0.332 e. The summed E-state index contributed by atoms with van der Waals surface area (Å²) >= 11 is 6.52. The highest BCUT2D eigenvalue weighted by molar-refractivity contribution is 6.32. The summed E-state index contributed by atoms with van der Waals surface area (Å²) in [5.41, 5.74) is 3.44. The number of nitrogens with one attached hydrogen (secondary N) is 1. The second-order valence-electron chi connectivity index (χ2n) is 9.71. The van der Waals surface area contributed by atoms with Crippen molar-refractivity contribution in [3.63, 3.8) is 0 Å². The van der Waals surface area contributed by atoms with Gasteiger partial charge in [-0.1, -0.05) is 29.8 Å². The normalized spacial score (nSPS) is 19.1. The quantitative estimate of drug-likeness (QED) is 0.424. The zero-order valence-corrected chi connectivity index (χ0v) is 20.5. The van der Waals surface area contributed by atoms with Crippen LogP contribution in [0.5, 0.6) is 5.75 Å². The molecule has 0 bridgehead atoms. The summed E-state index contributed by atoms with van der Waals surface area (Å²) in [6.45, 7) is 4.10. The Labute approximate surface area is 213 Å². The molecule has 0 amide bonds. The van der Waals surface area contributed by atoms with Crippen molar-refractivity contribution in [2.24, 2.45) is 18.9 Å². The van der Waals surface area contributed by atoms with Gasteiger partial charge in [0.25, 0.3) is 0 Å². The van der Waals surface area contributed by atoms with E-state index in [0.717, 1.165) is 37.4 Å². The second-order valence-corrected chi connectivity index (χ2v) is 10.1. The SMILES string of the molecule is Cn1ccn(-c2ccc(-c3cc(F)cc(-c4cccc(N5CC6CNCC6C5)c4)c3O)cc2Cl)c1=O. The van der Waals surface area contributed by atoms with Gasteiger partial charge in [-0.2, -0.15) is 0 Å². The fourth-order valence-corrected chi connectivity index (χ4v) is 5.76. The molecule has 1 aromatic heterocycles. The van der Waals surface area contributed by atoms with Crippen molar-refractivity contribution in [1.82, 2.24) is 14.5 Å². The fraction of sp³-hybridized carbons (Fsp3) is 0.250. The van der Waals surface area contributed by atoms with Gasteiger partial charge in [-0.3, -0.25) is 4.57 Å². The number of hydrogen-bond acceptors (Lipinski definition) is 4. The number of nitrogens with zero attached hydrogens (tertiary/aromatic N) is 3. The topological polar surface area (TPSA) is 62.4 Å². The predicted molar refractivity (Wildman–Crippen MR) is 141 cm³/mol. The van der Waals surface area contributed by atoms with Crippen molar-refractivity contribution in [2.45, 2.75) is 0 Å². The minimum absolute atomic E-state index is 0.0169. The van der Waals surface area contributed by atoms with E-state index in [1.165, 1.54) is 21.3 Å². The first-order chi connectivity index (χ1) is 17.4. The number of aromatic nitrogens is 2. The Kier molecular flexibility index (Phi) is 5.62. The van der Waals surface area contributed by atoms with Gasteiger partial charge < -0.3 is 19.9 Å². The van der Waals surface area contributed by atoms with Crippen LogP contribution in [-0.4, -0.2) is 40.4 Å². The third-order valence-electron chi connectivity index (χ3n) is 7.45. The van der Waals surface area contributed by atoms with Crippen molar-refractivity contribution >= 4 is 17.3 Å². The number of imidazole rings is 1. The monoisotopic (exact) mass is 504 g/mol. The molecule has 2 unspecified atom stereocenters. The first-order valence-corrected chi connectivity index (χ1v) is 12.4. The molecule has 6 nitrogen and oxygen atoms in total. The number of aryl methyl sites for hydroxylation is 1. The Morgan fingerprint density at radius 3 is 2.31 bits per heavy atom. The molecule has 2 aliphatic heterocycles. The number of benzene rings is 3. The molecule has 184 valence electrons. The van der Waals surface area contributed by atoms with Crippen LogP contribution in [0.3, 0.4) is 0 Å². The molecule has 2 N–H and O–H groups in total. The second kappa shape index (κ2) is 8.84. The van der Waals surface area contributed by atoms with Gasteiger partial charge in [-0.15, -0.1) is 0 Å². The van der Waals surface area contributed by atoms with E-state index in [1.807, 2.05) is 18.2 Å². The highest BCUT2D eigenvalue weighted by Gasteiger charge is 2.36. The van der Waals surface area contributed by atoms with Crippen LogP contribution < -0.4 is 15.9 Å². The molecule has 2 fully saturated rings. The zero-order chi connectivity index (χ0) is 25.0. The van der Waals surface area contributed by atoms with Gasteiger partial charge in [0.05, 0.1) is 10.7 Å². The lowest BCUT2D eigenvalue weighted by Gasteiger charge is -2.21. The molecular formula is C28H26ClFN4O2. The number of hydrogen-bond donors (Lipinski definition) is 2. The van der Waals surface area contributed by atoms with Crippen molar-refractivity contribution in [2.75, 3.05) is 31.1 Å². The minimum atomic E-state index is -0.454. The van der Waals surface area contributed by atoms with Gasteiger partial charge in [0.2, 0.25) is 0 Å². The number of rotatable bonds is 4. The average Bonchev–Trinajstić information content (AvgIpc) is 3.57. The Morgan fingerprint density at radius 1 is 0.972 bits per heavy atom. The highest BCUT2D eigenvalue weighted by Crippen LogP contribution is 2.41. The number of aromatic hydroxyl groups is 1. The molecule has 3 aromatic carbocycles. The van der Waals surface area contributed by atoms with E-state index < -0.39 is 5.82 Å². The Balaban J connectivity index is 1.36. The minimum Gasteiger partial charge on any atom is -0.507 e. The molecule has 0 radical (unpaired) electrons. The molecule has 0 spiro atoms. The maximum atomic E-state index is 14.8. The first kappa shape index (κ1) is 22.9. The van der Waals surface area contributed by atoms with Crippen molar-refractivity contribution < 1.29 is 9.50 Å². The molecule has 0 aliphatic carbocycles. The van der Waals surface area contributed by atoms with E-state index in [2.05, 4.69) is 16.3 Å². The summed E-state index contributed by atoms with van der Waals surface area (Å²) in [4.78, 5) is 14.7. The number of phenolic OH excluding ortho intramolecular Hbond substituents is 1. The Bertz CT molecular complexity index is 1520. The van der Waals surface area contributed by atoms with Gasteiger partial charge in [0.15, 0.2) is 0 Å². The first-order valence-electron chi connectivity index (χ1n) is 12.0. The summed E-state index contributed by atoms with van der Waals surface area (Å²) in [6, 6.07) is 15.7. The van der Waals surface area contributed by atoms with E-state index in [-0.39, 0.29) is 11.4 Å². The largest absolute Gasteiger partial charge is 0.507 e. The number of anilines is 1. The highest BCUT2D eigenvalue weighted by atomic mass is 35.5. The fourth-order valence-electron chi connectivity index (χ4n) is 5.49. The maximum absolute atomic E-state index is 14.8. The summed E-state index contributed by atoms with van der Waals surface area (Å²) in [7, 11) is 1.66. The molecule has 8 heteroatoms. The van der Waals surface area contributed by atoms with E-state index in [4.69, 9.17) is 11.6 Å². The summed E-state index contributed by atoms with van der Waals surface area (Å²) in [5, 5.41) is 15.0.